The summed E-state index contributed by atoms with van der Waals surface area (Å²) < 4.78 is 13.9. The summed E-state index contributed by atoms with van der Waals surface area (Å²) >= 11 is 1.51. The van der Waals surface area contributed by atoms with E-state index in [0.29, 0.717) is 5.69 Å². The summed E-state index contributed by atoms with van der Waals surface area (Å²) in [6.07, 6.45) is 11.3. The quantitative estimate of drug-likeness (QED) is 0.869. The second-order valence-corrected chi connectivity index (χ2v) is 5.90. The molecule has 1 aliphatic carbocycles. The molecule has 0 saturated heterocycles. The van der Waals surface area contributed by atoms with Gasteiger partial charge >= 0.3 is 0 Å². The third-order valence-corrected chi connectivity index (χ3v) is 4.32. The van der Waals surface area contributed by atoms with Crippen LogP contribution >= 0.6 is 11.3 Å². The summed E-state index contributed by atoms with van der Waals surface area (Å²) in [5, 5.41) is 1.80. The molecule has 0 fully saturated rings. The van der Waals surface area contributed by atoms with Gasteiger partial charge in [-0.3, -0.25) is 14.2 Å². The fraction of sp³-hybridized carbons (Fsp3) is 0.316. The Morgan fingerprint density at radius 2 is 2.15 bits per heavy atom. The first kappa shape index (κ1) is 21.5. The lowest BCUT2D eigenvalue weighted by molar-refractivity contribution is -0.117. The van der Waals surface area contributed by atoms with E-state index >= 15 is 0 Å². The Balaban J connectivity index is 0.000000246. The number of alkyl halides is 1. The molecular formula is C19H25FN4OS. The molecule has 2 aromatic rings. The minimum atomic E-state index is -0.420. The maximum absolute atomic E-state index is 12.1. The van der Waals surface area contributed by atoms with Crippen molar-refractivity contribution in [3.63, 3.8) is 0 Å². The second-order valence-electron chi connectivity index (χ2n) is 5.01. The Morgan fingerprint density at radius 1 is 1.42 bits per heavy atom. The van der Waals surface area contributed by atoms with Crippen LogP contribution in [-0.2, 0) is 11.5 Å². The molecule has 0 aliphatic heterocycles. The number of nitrogens with zero attached hydrogens (tertiary/aromatic N) is 3. The number of rotatable bonds is 3. The van der Waals surface area contributed by atoms with Crippen molar-refractivity contribution in [3.8, 4) is 0 Å². The van der Waals surface area contributed by atoms with Gasteiger partial charge in [-0.25, -0.2) is 9.37 Å². The molecule has 1 amide bonds. The first-order chi connectivity index (χ1) is 12.6. The van der Waals surface area contributed by atoms with Crippen molar-refractivity contribution in [2.24, 2.45) is 10.7 Å². The number of carbonyl (C=O) groups is 1. The zero-order chi connectivity index (χ0) is 19.5. The maximum Gasteiger partial charge on any atom is 0.221 e. The summed E-state index contributed by atoms with van der Waals surface area (Å²) in [7, 11) is 1.75. The van der Waals surface area contributed by atoms with Gasteiger partial charge in [0.15, 0.2) is 0 Å². The van der Waals surface area contributed by atoms with Gasteiger partial charge in [-0.05, 0) is 30.2 Å². The average molecular weight is 377 g/mol. The highest BCUT2D eigenvalue weighted by Gasteiger charge is 2.08. The van der Waals surface area contributed by atoms with Crippen molar-refractivity contribution in [3.05, 3.63) is 59.0 Å². The van der Waals surface area contributed by atoms with Crippen molar-refractivity contribution < 1.29 is 9.18 Å². The topological polar surface area (TPSA) is 72.8 Å². The van der Waals surface area contributed by atoms with Crippen LogP contribution in [0, 0.1) is 0 Å². The number of hydrogen-bond acceptors (Lipinski definition) is 4. The van der Waals surface area contributed by atoms with Crippen LogP contribution in [0.25, 0.3) is 4.83 Å². The lowest BCUT2D eigenvalue weighted by Crippen LogP contribution is -2.12. The van der Waals surface area contributed by atoms with E-state index in [9.17, 15) is 9.18 Å². The number of carbonyl (C=O) groups excluding carboxylic acids is 1. The Hall–Kier alpha value is -2.54. The van der Waals surface area contributed by atoms with Crippen molar-refractivity contribution in [1.29, 1.82) is 0 Å². The molecule has 1 aliphatic rings. The predicted octanol–water partition coefficient (Wildman–Crippen LogP) is 4.27. The van der Waals surface area contributed by atoms with E-state index in [4.69, 9.17) is 5.73 Å². The van der Waals surface area contributed by atoms with E-state index in [-0.39, 0.29) is 12.3 Å². The monoisotopic (exact) mass is 376 g/mol. The van der Waals surface area contributed by atoms with Crippen molar-refractivity contribution >= 4 is 27.8 Å². The Bertz CT molecular complexity index is 843. The highest BCUT2D eigenvalue weighted by Crippen LogP contribution is 2.16. The van der Waals surface area contributed by atoms with Crippen LogP contribution < -0.4 is 5.73 Å². The van der Waals surface area contributed by atoms with Gasteiger partial charge in [0.2, 0.25) is 5.91 Å². The summed E-state index contributed by atoms with van der Waals surface area (Å²) in [5.74, 6) is -0.312. The average Bonchev–Trinajstić information content (AvgIpc) is 3.27. The largest absolute Gasteiger partial charge is 0.369 e. The number of aliphatic imine (C=N–C) groups is 1. The molecular weight excluding hydrogens is 351 g/mol. The number of nitrogens with two attached hydrogens (primary N) is 1. The van der Waals surface area contributed by atoms with Crippen LogP contribution in [-0.4, -0.2) is 28.1 Å². The van der Waals surface area contributed by atoms with Gasteiger partial charge in [-0.2, -0.15) is 0 Å². The Labute approximate surface area is 157 Å². The summed E-state index contributed by atoms with van der Waals surface area (Å²) in [6, 6.07) is 0. The highest BCUT2D eigenvalue weighted by atomic mass is 32.1. The van der Waals surface area contributed by atoms with E-state index < -0.39 is 6.67 Å². The van der Waals surface area contributed by atoms with E-state index in [1.54, 1.807) is 29.4 Å². The van der Waals surface area contributed by atoms with Crippen LogP contribution in [0.1, 0.15) is 32.9 Å². The van der Waals surface area contributed by atoms with Gasteiger partial charge in [0.05, 0.1) is 24.0 Å². The number of amides is 1. The third-order valence-electron chi connectivity index (χ3n) is 3.39. The van der Waals surface area contributed by atoms with Gasteiger partial charge in [-0.1, -0.05) is 26.0 Å². The van der Waals surface area contributed by atoms with Gasteiger partial charge in [0, 0.05) is 12.4 Å². The van der Waals surface area contributed by atoms with Gasteiger partial charge < -0.3 is 5.73 Å². The molecule has 2 aromatic heterocycles. The lowest BCUT2D eigenvalue weighted by atomic mass is 9.98. The van der Waals surface area contributed by atoms with Crippen LogP contribution in [0.15, 0.2) is 58.3 Å². The standard InChI is InChI=1S/C11H14N2O.C6H5FN2S.C2H6/c1-3-9-6-8(7-11(12)14)4-5-10(9)13-2;7-1-5-3-10-6-2-8-4-9(5)6;1-2/h3-6H,7H2,1-2H3,(H2,12,14);2-4H,1H2;1-2H3/b9-3-,13-10?;;. The first-order valence-corrected chi connectivity index (χ1v) is 9.21. The molecule has 0 spiro atoms. The molecule has 0 aromatic carbocycles. The second kappa shape index (κ2) is 11.1. The van der Waals surface area contributed by atoms with Crippen molar-refractivity contribution in [1.82, 2.24) is 9.38 Å². The van der Waals surface area contributed by atoms with Crippen molar-refractivity contribution in [2.45, 2.75) is 33.9 Å². The molecule has 5 nitrogen and oxygen atoms in total. The molecule has 0 saturated carbocycles. The molecule has 0 atom stereocenters. The van der Waals surface area contributed by atoms with Gasteiger partial charge in [-0.15, -0.1) is 11.3 Å². The van der Waals surface area contributed by atoms with Gasteiger partial charge in [0.25, 0.3) is 0 Å². The number of fused-ring (bicyclic) bond motifs is 1. The number of thiazole rings is 1. The third kappa shape index (κ3) is 5.77. The molecule has 7 heteroatoms. The number of primary amides is 1. The number of hydrogen-bond donors (Lipinski definition) is 1. The van der Waals surface area contributed by atoms with E-state index in [1.807, 2.05) is 45.1 Å². The highest BCUT2D eigenvalue weighted by molar-refractivity contribution is 7.15. The SMILES string of the molecule is C/C=C1/C=C(CC(N)=O)C=CC1=NC.CC.FCc1csc2cncn12. The van der Waals surface area contributed by atoms with Crippen LogP contribution in [0.4, 0.5) is 4.39 Å². The normalized spacial score (nSPS) is 16.0. The number of allylic oxidation sites excluding steroid dienone is 5. The van der Waals surface area contributed by atoms with E-state index in [0.717, 1.165) is 21.7 Å². The van der Waals surface area contributed by atoms with E-state index in [1.165, 1.54) is 11.3 Å². The Kier molecular flexibility index (Phi) is 9.22. The fourth-order valence-corrected chi connectivity index (χ4v) is 3.05. The van der Waals surface area contributed by atoms with E-state index in [2.05, 4.69) is 9.98 Å². The molecule has 2 N–H and O–H groups in total. The molecule has 0 radical (unpaired) electrons. The minimum Gasteiger partial charge on any atom is -0.369 e. The zero-order valence-electron chi connectivity index (χ0n) is 15.6. The lowest BCUT2D eigenvalue weighted by Gasteiger charge is -2.09. The van der Waals surface area contributed by atoms with Crippen LogP contribution in [0.5, 0.6) is 0 Å². The predicted molar refractivity (Wildman–Crippen MR) is 107 cm³/mol. The Morgan fingerprint density at radius 3 is 2.73 bits per heavy atom. The zero-order valence-corrected chi connectivity index (χ0v) is 16.4. The molecule has 2 heterocycles. The molecule has 140 valence electrons. The summed E-state index contributed by atoms with van der Waals surface area (Å²) in [6.45, 7) is 5.52. The number of halogens is 1. The molecule has 3 rings (SSSR count). The maximum atomic E-state index is 12.1. The molecule has 0 unspecified atom stereocenters. The van der Waals surface area contributed by atoms with Crippen LogP contribution in [0.3, 0.4) is 0 Å². The molecule has 26 heavy (non-hydrogen) atoms. The molecule has 0 bridgehead atoms. The number of aromatic nitrogens is 2. The van der Waals surface area contributed by atoms with Crippen LogP contribution in [0.2, 0.25) is 0 Å². The first-order valence-electron chi connectivity index (χ1n) is 8.33. The summed E-state index contributed by atoms with van der Waals surface area (Å²) in [4.78, 5) is 19.7. The summed E-state index contributed by atoms with van der Waals surface area (Å²) in [5.41, 5.74) is 8.69. The smallest absolute Gasteiger partial charge is 0.221 e. The fourth-order valence-electron chi connectivity index (χ4n) is 2.22. The van der Waals surface area contributed by atoms with Crippen molar-refractivity contribution in [2.75, 3.05) is 7.05 Å². The number of imidazole rings is 1. The minimum absolute atomic E-state index is 0.283. The van der Waals surface area contributed by atoms with Gasteiger partial charge in [0.1, 0.15) is 17.8 Å².